The van der Waals surface area contributed by atoms with E-state index in [1.807, 2.05) is 48.5 Å². The summed E-state index contributed by atoms with van der Waals surface area (Å²) in [5, 5.41) is 1.04. The number of carbonyl (C=O) groups is 1. The van der Waals surface area contributed by atoms with Crippen molar-refractivity contribution in [1.29, 1.82) is 0 Å². The van der Waals surface area contributed by atoms with Gasteiger partial charge in [-0.1, -0.05) is 30.3 Å². The van der Waals surface area contributed by atoms with Crippen LogP contribution in [0, 0.1) is 0 Å². The first kappa shape index (κ1) is 15.4. The summed E-state index contributed by atoms with van der Waals surface area (Å²) < 4.78 is 10.8. The van der Waals surface area contributed by atoms with Gasteiger partial charge in [0.25, 0.3) is 5.91 Å². The minimum atomic E-state index is -0.0436. The molecule has 126 valence electrons. The number of para-hydroxylation sites is 1. The predicted molar refractivity (Wildman–Crippen MR) is 94.5 cm³/mol. The van der Waals surface area contributed by atoms with Crippen LogP contribution in [0.2, 0.25) is 0 Å². The van der Waals surface area contributed by atoms with Crippen molar-refractivity contribution in [2.45, 2.75) is 13.1 Å². The van der Waals surface area contributed by atoms with Crippen molar-refractivity contribution in [1.82, 2.24) is 9.88 Å². The highest BCUT2D eigenvalue weighted by Gasteiger charge is 2.23. The largest absolute Gasteiger partial charge is 0.497 e. The van der Waals surface area contributed by atoms with E-state index in [1.165, 1.54) is 0 Å². The number of amides is 1. The van der Waals surface area contributed by atoms with Crippen molar-refractivity contribution in [2.24, 2.45) is 0 Å². The van der Waals surface area contributed by atoms with Crippen LogP contribution < -0.4 is 9.47 Å². The topological polar surface area (TPSA) is 51.7 Å². The fraction of sp³-hybridized carbons (Fsp3) is 0.200. The van der Waals surface area contributed by atoms with Crippen molar-refractivity contribution in [3.63, 3.8) is 0 Å². The standard InChI is InChI=1S/C20H18N2O3/c1-24-17-8-6-14(7-9-17)11-22-12-16-10-15-4-2-3-5-18(15)21-20(16)25-13-19(22)23/h2-10H,11-13H2,1H3. The van der Waals surface area contributed by atoms with Gasteiger partial charge in [-0.15, -0.1) is 0 Å². The summed E-state index contributed by atoms with van der Waals surface area (Å²) in [5.41, 5.74) is 2.85. The third kappa shape index (κ3) is 3.13. The van der Waals surface area contributed by atoms with E-state index < -0.39 is 0 Å². The number of benzene rings is 2. The number of aromatic nitrogens is 1. The third-order valence-electron chi connectivity index (χ3n) is 4.34. The fourth-order valence-electron chi connectivity index (χ4n) is 2.99. The van der Waals surface area contributed by atoms with Gasteiger partial charge in [-0.3, -0.25) is 4.79 Å². The second-order valence-corrected chi connectivity index (χ2v) is 6.03. The van der Waals surface area contributed by atoms with Gasteiger partial charge in [0, 0.05) is 17.5 Å². The molecule has 2 heterocycles. The zero-order chi connectivity index (χ0) is 17.2. The molecule has 0 radical (unpaired) electrons. The molecule has 0 bridgehead atoms. The maximum atomic E-state index is 12.5. The molecular weight excluding hydrogens is 316 g/mol. The second kappa shape index (κ2) is 6.43. The molecule has 25 heavy (non-hydrogen) atoms. The lowest BCUT2D eigenvalue weighted by Gasteiger charge is -2.20. The Morgan fingerprint density at radius 2 is 1.96 bits per heavy atom. The summed E-state index contributed by atoms with van der Waals surface area (Å²) in [6.45, 7) is 1.02. The lowest BCUT2D eigenvalue weighted by molar-refractivity contribution is -0.133. The van der Waals surface area contributed by atoms with Crippen molar-refractivity contribution in [3.8, 4) is 11.6 Å². The molecule has 1 aromatic heterocycles. The normalized spacial score (nSPS) is 14.0. The van der Waals surface area contributed by atoms with E-state index in [4.69, 9.17) is 9.47 Å². The van der Waals surface area contributed by atoms with E-state index in [1.54, 1.807) is 12.0 Å². The molecule has 0 aliphatic carbocycles. The molecule has 0 fully saturated rings. The van der Waals surface area contributed by atoms with Crippen molar-refractivity contribution in [3.05, 3.63) is 65.7 Å². The summed E-state index contributed by atoms with van der Waals surface area (Å²) in [6, 6.07) is 17.7. The third-order valence-corrected chi connectivity index (χ3v) is 4.34. The quantitative estimate of drug-likeness (QED) is 0.738. The summed E-state index contributed by atoms with van der Waals surface area (Å²) >= 11 is 0. The number of carbonyl (C=O) groups excluding carboxylic acids is 1. The first-order chi connectivity index (χ1) is 12.2. The Labute approximate surface area is 145 Å². The molecule has 0 saturated carbocycles. The SMILES string of the molecule is COc1ccc(CN2Cc3cc4ccccc4nc3OCC2=O)cc1. The summed E-state index contributed by atoms with van der Waals surface area (Å²) in [7, 11) is 1.64. The molecule has 0 unspecified atom stereocenters. The van der Waals surface area contributed by atoms with Gasteiger partial charge in [0.2, 0.25) is 5.88 Å². The maximum absolute atomic E-state index is 12.5. The number of hydrogen-bond acceptors (Lipinski definition) is 4. The molecule has 5 nitrogen and oxygen atoms in total. The van der Waals surface area contributed by atoms with Crippen LogP contribution >= 0.6 is 0 Å². The number of fused-ring (bicyclic) bond motifs is 2. The molecule has 2 aromatic carbocycles. The van der Waals surface area contributed by atoms with E-state index in [0.29, 0.717) is 19.0 Å². The Bertz CT molecular complexity index is 922. The average molecular weight is 334 g/mol. The molecule has 3 aromatic rings. The monoisotopic (exact) mass is 334 g/mol. The molecule has 0 spiro atoms. The van der Waals surface area contributed by atoms with Gasteiger partial charge < -0.3 is 14.4 Å². The fourth-order valence-corrected chi connectivity index (χ4v) is 2.99. The molecule has 1 aliphatic heterocycles. The molecule has 0 N–H and O–H groups in total. The van der Waals surface area contributed by atoms with E-state index in [-0.39, 0.29) is 12.5 Å². The number of ether oxygens (including phenoxy) is 2. The lowest BCUT2D eigenvalue weighted by Crippen LogP contribution is -2.31. The van der Waals surface area contributed by atoms with Gasteiger partial charge in [0.1, 0.15) is 5.75 Å². The van der Waals surface area contributed by atoms with E-state index in [9.17, 15) is 4.79 Å². The van der Waals surface area contributed by atoms with Crippen LogP contribution in [0.4, 0.5) is 0 Å². The molecule has 5 heteroatoms. The summed E-state index contributed by atoms with van der Waals surface area (Å²) in [4.78, 5) is 18.8. The number of rotatable bonds is 3. The van der Waals surface area contributed by atoms with Crippen LogP contribution in [0.1, 0.15) is 11.1 Å². The molecule has 0 atom stereocenters. The Morgan fingerprint density at radius 1 is 1.16 bits per heavy atom. The van der Waals surface area contributed by atoms with Crippen molar-refractivity contribution >= 4 is 16.8 Å². The first-order valence-electron chi connectivity index (χ1n) is 8.15. The molecular formula is C20H18N2O3. The highest BCUT2D eigenvalue weighted by molar-refractivity contribution is 5.82. The van der Waals surface area contributed by atoms with E-state index in [0.717, 1.165) is 27.8 Å². The van der Waals surface area contributed by atoms with Crippen LogP contribution in [0.3, 0.4) is 0 Å². The Balaban J connectivity index is 1.62. The van der Waals surface area contributed by atoms with Crippen LogP contribution in [0.25, 0.3) is 10.9 Å². The number of pyridine rings is 1. The van der Waals surface area contributed by atoms with Crippen LogP contribution in [0.15, 0.2) is 54.6 Å². The first-order valence-corrected chi connectivity index (χ1v) is 8.15. The molecule has 1 amide bonds. The number of nitrogens with zero attached hydrogens (tertiary/aromatic N) is 2. The minimum absolute atomic E-state index is 0.00843. The van der Waals surface area contributed by atoms with E-state index in [2.05, 4.69) is 11.1 Å². The zero-order valence-corrected chi connectivity index (χ0v) is 13.9. The van der Waals surface area contributed by atoms with Crippen molar-refractivity contribution < 1.29 is 14.3 Å². The summed E-state index contributed by atoms with van der Waals surface area (Å²) in [5.74, 6) is 1.30. The van der Waals surface area contributed by atoms with Crippen LogP contribution in [0.5, 0.6) is 11.6 Å². The maximum Gasteiger partial charge on any atom is 0.261 e. The second-order valence-electron chi connectivity index (χ2n) is 6.03. The Hall–Kier alpha value is -3.08. The molecule has 4 rings (SSSR count). The zero-order valence-electron chi connectivity index (χ0n) is 13.9. The van der Waals surface area contributed by atoms with Crippen LogP contribution in [-0.4, -0.2) is 29.5 Å². The van der Waals surface area contributed by atoms with Gasteiger partial charge in [-0.25, -0.2) is 4.98 Å². The van der Waals surface area contributed by atoms with E-state index >= 15 is 0 Å². The average Bonchev–Trinajstić information content (AvgIpc) is 2.80. The highest BCUT2D eigenvalue weighted by atomic mass is 16.5. The van der Waals surface area contributed by atoms with Gasteiger partial charge in [-0.2, -0.15) is 0 Å². The minimum Gasteiger partial charge on any atom is -0.497 e. The number of hydrogen-bond donors (Lipinski definition) is 0. The van der Waals surface area contributed by atoms with Gasteiger partial charge in [-0.05, 0) is 29.8 Å². The van der Waals surface area contributed by atoms with Gasteiger partial charge in [0.15, 0.2) is 6.61 Å². The van der Waals surface area contributed by atoms with Gasteiger partial charge in [0.05, 0.1) is 19.2 Å². The highest BCUT2D eigenvalue weighted by Crippen LogP contribution is 2.26. The Morgan fingerprint density at radius 3 is 2.76 bits per heavy atom. The predicted octanol–water partition coefficient (Wildman–Crippen LogP) is 3.16. The number of methoxy groups -OCH3 is 1. The molecule has 1 aliphatic rings. The lowest BCUT2D eigenvalue weighted by atomic mass is 10.1. The Kier molecular flexibility index (Phi) is 3.98. The smallest absolute Gasteiger partial charge is 0.261 e. The molecule has 0 saturated heterocycles. The van der Waals surface area contributed by atoms with Crippen molar-refractivity contribution in [2.75, 3.05) is 13.7 Å². The van der Waals surface area contributed by atoms with Crippen LogP contribution in [-0.2, 0) is 17.9 Å². The summed E-state index contributed by atoms with van der Waals surface area (Å²) in [6.07, 6.45) is 0. The van der Waals surface area contributed by atoms with Gasteiger partial charge >= 0.3 is 0 Å².